The maximum absolute atomic E-state index is 13.1. The van der Waals surface area contributed by atoms with Gasteiger partial charge in [0.05, 0.1) is 20.5 Å². The molecule has 1 amide bonds. The largest absolute Gasteiger partial charge is 0.480 e. The number of rotatable bonds is 4. The highest BCUT2D eigenvalue weighted by Gasteiger charge is 2.39. The van der Waals surface area contributed by atoms with Crippen molar-refractivity contribution in [2.45, 2.75) is 37.2 Å². The average molecular weight is 482 g/mol. The third kappa shape index (κ3) is 4.68. The zero-order valence-corrected chi connectivity index (χ0v) is 18.1. The van der Waals surface area contributed by atoms with E-state index in [1.807, 2.05) is 0 Å². The van der Waals surface area contributed by atoms with E-state index >= 15 is 0 Å². The second-order valence-electron chi connectivity index (χ2n) is 6.93. The van der Waals surface area contributed by atoms with E-state index in [1.165, 1.54) is 4.90 Å². The van der Waals surface area contributed by atoms with E-state index in [2.05, 4.69) is 0 Å². The molecule has 0 radical (unpaired) electrons. The molecule has 0 N–H and O–H groups in total. The zero-order valence-electron chi connectivity index (χ0n) is 15.8. The van der Waals surface area contributed by atoms with E-state index in [0.29, 0.717) is 10.0 Å². The van der Waals surface area contributed by atoms with Gasteiger partial charge in [0, 0.05) is 19.3 Å². The number of halogens is 5. The lowest BCUT2D eigenvalue weighted by atomic mass is 10.1. The smallest absolute Gasteiger partial charge is 0.425 e. The van der Waals surface area contributed by atoms with Gasteiger partial charge < -0.3 is 9.64 Å². The van der Waals surface area contributed by atoms with Gasteiger partial charge in [0.15, 0.2) is 15.9 Å². The van der Waals surface area contributed by atoms with Gasteiger partial charge in [0.1, 0.15) is 5.75 Å². The molecule has 0 saturated heterocycles. The predicted molar refractivity (Wildman–Crippen MR) is 106 cm³/mol. The molecule has 30 heavy (non-hydrogen) atoms. The van der Waals surface area contributed by atoms with Crippen molar-refractivity contribution >= 4 is 38.9 Å². The second kappa shape index (κ2) is 7.94. The molecule has 0 saturated carbocycles. The first-order valence-corrected chi connectivity index (χ1v) is 11.3. The monoisotopic (exact) mass is 481 g/mol. The maximum Gasteiger partial charge on any atom is 0.425 e. The van der Waals surface area contributed by atoms with Crippen molar-refractivity contribution in [3.05, 3.63) is 57.1 Å². The lowest BCUT2D eigenvalue weighted by Crippen LogP contribution is -2.32. The summed E-state index contributed by atoms with van der Waals surface area (Å²) >= 11 is 12.0. The van der Waals surface area contributed by atoms with Crippen LogP contribution in [-0.4, -0.2) is 37.8 Å². The van der Waals surface area contributed by atoms with Gasteiger partial charge in [-0.05, 0) is 48.4 Å². The molecule has 0 aromatic heterocycles. The van der Waals surface area contributed by atoms with Gasteiger partial charge in [-0.2, -0.15) is 13.2 Å². The molecular weight excluding hydrogens is 466 g/mol. The number of alkyl halides is 3. The SMILES string of the molecule is CC(Oc1ccc(S(C)(=O)=O)cc1C(=O)N1Cc2cc(Cl)c(Cl)cc2C1)C(F)(F)F. The number of amides is 1. The normalized spacial score (nSPS) is 15.1. The summed E-state index contributed by atoms with van der Waals surface area (Å²) in [7, 11) is -3.70. The Balaban J connectivity index is 1.99. The number of sulfone groups is 1. The minimum Gasteiger partial charge on any atom is -0.480 e. The van der Waals surface area contributed by atoms with Crippen molar-refractivity contribution in [3.8, 4) is 5.75 Å². The van der Waals surface area contributed by atoms with Crippen LogP contribution >= 0.6 is 23.2 Å². The molecule has 0 aliphatic carbocycles. The first kappa shape index (κ1) is 22.7. The van der Waals surface area contributed by atoms with Gasteiger partial charge in [-0.1, -0.05) is 23.2 Å². The molecule has 0 spiro atoms. The number of carbonyl (C=O) groups is 1. The van der Waals surface area contributed by atoms with Gasteiger partial charge in [0.2, 0.25) is 0 Å². The van der Waals surface area contributed by atoms with Gasteiger partial charge in [-0.3, -0.25) is 4.79 Å². The number of nitrogens with zero attached hydrogens (tertiary/aromatic N) is 1. The quantitative estimate of drug-likeness (QED) is 0.623. The van der Waals surface area contributed by atoms with Crippen molar-refractivity contribution in [2.75, 3.05) is 6.26 Å². The Hall–Kier alpha value is -1.97. The summed E-state index contributed by atoms with van der Waals surface area (Å²) in [5.41, 5.74) is 1.20. The van der Waals surface area contributed by atoms with Gasteiger partial charge in [-0.25, -0.2) is 8.42 Å². The number of fused-ring (bicyclic) bond motifs is 1. The van der Waals surface area contributed by atoms with Crippen molar-refractivity contribution < 1.29 is 31.1 Å². The van der Waals surface area contributed by atoms with E-state index in [9.17, 15) is 26.4 Å². The molecule has 1 atom stereocenters. The number of benzene rings is 2. The summed E-state index contributed by atoms with van der Waals surface area (Å²) in [4.78, 5) is 14.3. The molecule has 2 aromatic carbocycles. The average Bonchev–Trinajstić information content (AvgIpc) is 3.02. The highest BCUT2D eigenvalue weighted by molar-refractivity contribution is 7.90. The molecule has 11 heteroatoms. The molecule has 1 heterocycles. The topological polar surface area (TPSA) is 63.7 Å². The van der Waals surface area contributed by atoms with Crippen molar-refractivity contribution in [3.63, 3.8) is 0 Å². The van der Waals surface area contributed by atoms with Crippen LogP contribution in [0.4, 0.5) is 13.2 Å². The highest BCUT2D eigenvalue weighted by atomic mass is 35.5. The van der Waals surface area contributed by atoms with Crippen LogP contribution in [-0.2, 0) is 22.9 Å². The standard InChI is InChI=1S/C19H16Cl2F3NO4S/c1-10(19(22,23)24)29-17-4-3-13(30(2,27)28)7-14(17)18(26)25-8-11-5-15(20)16(21)6-12(11)9-25/h3-7,10H,8-9H2,1-2H3. The Labute approximate surface area is 181 Å². The molecule has 1 aliphatic heterocycles. The van der Waals surface area contributed by atoms with Crippen LogP contribution in [0.5, 0.6) is 5.75 Å². The summed E-state index contributed by atoms with van der Waals surface area (Å²) in [5.74, 6) is -1.03. The Morgan fingerprint density at radius 3 is 2.10 bits per heavy atom. The first-order chi connectivity index (χ1) is 13.8. The number of hydrogen-bond acceptors (Lipinski definition) is 4. The van der Waals surface area contributed by atoms with Gasteiger partial charge in [-0.15, -0.1) is 0 Å². The number of hydrogen-bond donors (Lipinski definition) is 0. The lowest BCUT2D eigenvalue weighted by Gasteiger charge is -2.22. The summed E-state index contributed by atoms with van der Waals surface area (Å²) < 4.78 is 67.6. The third-order valence-electron chi connectivity index (χ3n) is 4.63. The summed E-state index contributed by atoms with van der Waals surface area (Å²) in [5, 5.41) is 0.624. The molecular formula is C19H16Cl2F3NO4S. The Kier molecular flexibility index (Phi) is 6.01. The molecule has 1 unspecified atom stereocenters. The minimum absolute atomic E-state index is 0.141. The fraction of sp³-hybridized carbons (Fsp3) is 0.316. The van der Waals surface area contributed by atoms with Crippen LogP contribution in [0.2, 0.25) is 10.0 Å². The second-order valence-corrected chi connectivity index (χ2v) is 9.76. The molecule has 0 fully saturated rings. The summed E-state index contributed by atoms with van der Waals surface area (Å²) in [6, 6.07) is 6.41. The lowest BCUT2D eigenvalue weighted by molar-refractivity contribution is -0.189. The molecule has 162 valence electrons. The molecule has 2 aromatic rings. The molecule has 0 bridgehead atoms. The molecule has 1 aliphatic rings. The Bertz CT molecular complexity index is 1090. The minimum atomic E-state index is -4.66. The first-order valence-electron chi connectivity index (χ1n) is 8.61. The predicted octanol–water partition coefficient (Wildman–Crippen LogP) is 4.88. The highest BCUT2D eigenvalue weighted by Crippen LogP contribution is 2.34. The molecule has 5 nitrogen and oxygen atoms in total. The molecule has 3 rings (SSSR count). The maximum atomic E-state index is 13.1. The van der Waals surface area contributed by atoms with E-state index in [-0.39, 0.29) is 29.3 Å². The van der Waals surface area contributed by atoms with Crippen LogP contribution < -0.4 is 4.74 Å². The van der Waals surface area contributed by atoms with Crippen LogP contribution in [0.15, 0.2) is 35.2 Å². The third-order valence-corrected chi connectivity index (χ3v) is 6.46. The van der Waals surface area contributed by atoms with Crippen molar-refractivity contribution in [1.29, 1.82) is 0 Å². The van der Waals surface area contributed by atoms with Crippen LogP contribution in [0.1, 0.15) is 28.4 Å². The zero-order chi connectivity index (χ0) is 22.4. The fourth-order valence-electron chi connectivity index (χ4n) is 2.97. The van der Waals surface area contributed by atoms with Crippen molar-refractivity contribution in [2.24, 2.45) is 0 Å². The number of ether oxygens (including phenoxy) is 1. The van der Waals surface area contributed by atoms with Crippen LogP contribution in [0.3, 0.4) is 0 Å². The van der Waals surface area contributed by atoms with Crippen LogP contribution in [0.25, 0.3) is 0 Å². The Morgan fingerprint density at radius 1 is 1.10 bits per heavy atom. The fourth-order valence-corrected chi connectivity index (χ4v) is 3.99. The van der Waals surface area contributed by atoms with E-state index < -0.39 is 28.0 Å². The van der Waals surface area contributed by atoms with Crippen molar-refractivity contribution in [1.82, 2.24) is 4.90 Å². The van der Waals surface area contributed by atoms with Gasteiger partial charge >= 0.3 is 6.18 Å². The Morgan fingerprint density at radius 2 is 1.63 bits per heavy atom. The number of carbonyl (C=O) groups excluding carboxylic acids is 1. The van der Waals surface area contributed by atoms with E-state index in [4.69, 9.17) is 27.9 Å². The van der Waals surface area contributed by atoms with Gasteiger partial charge in [0.25, 0.3) is 5.91 Å². The van der Waals surface area contributed by atoms with E-state index in [1.54, 1.807) is 12.1 Å². The van der Waals surface area contributed by atoms with Crippen LogP contribution in [0, 0.1) is 0 Å². The summed E-state index contributed by atoms with van der Waals surface area (Å²) in [6.45, 7) is 1.08. The van der Waals surface area contributed by atoms with E-state index in [0.717, 1.165) is 42.5 Å². The summed E-state index contributed by atoms with van der Waals surface area (Å²) in [6.07, 6.45) is -5.92.